The third kappa shape index (κ3) is 4.53. The second kappa shape index (κ2) is 6.79. The highest BCUT2D eigenvalue weighted by molar-refractivity contribution is 7.09. The van der Waals surface area contributed by atoms with Crippen LogP contribution in [-0.2, 0) is 20.0 Å². The Morgan fingerprint density at radius 3 is 2.86 bits per heavy atom. The Kier molecular flexibility index (Phi) is 4.82. The van der Waals surface area contributed by atoms with Crippen LogP contribution in [0.5, 0.6) is 0 Å². The molecule has 9 nitrogen and oxygen atoms in total. The summed E-state index contributed by atoms with van der Waals surface area (Å²) in [5.74, 6) is -0.523. The number of rotatable bonds is 6. The zero-order chi connectivity index (χ0) is 15.2. The van der Waals surface area contributed by atoms with Crippen LogP contribution in [0.1, 0.15) is 21.3 Å². The van der Waals surface area contributed by atoms with Crippen molar-refractivity contribution in [3.63, 3.8) is 0 Å². The zero-order valence-electron chi connectivity index (χ0n) is 11.2. The topological polar surface area (TPSA) is 122 Å². The highest BCUT2D eigenvalue weighted by Gasteiger charge is 2.09. The third-order valence-electron chi connectivity index (χ3n) is 2.45. The molecule has 2 aromatic rings. The summed E-state index contributed by atoms with van der Waals surface area (Å²) in [7, 11) is 1.75. The number of hydrogen-bond acceptors (Lipinski definition) is 6. The number of hydrogen-bond donors (Lipinski definition) is 3. The van der Waals surface area contributed by atoms with Crippen molar-refractivity contribution < 1.29 is 14.7 Å². The first-order chi connectivity index (χ1) is 10.0. The van der Waals surface area contributed by atoms with Gasteiger partial charge in [-0.05, 0) is 0 Å². The van der Waals surface area contributed by atoms with Crippen LogP contribution in [0.25, 0.3) is 0 Å². The van der Waals surface area contributed by atoms with E-state index >= 15 is 0 Å². The van der Waals surface area contributed by atoms with E-state index in [9.17, 15) is 9.59 Å². The lowest BCUT2D eigenvalue weighted by Crippen LogP contribution is -2.36. The number of carboxylic acid groups (broad SMARTS) is 1. The van der Waals surface area contributed by atoms with Gasteiger partial charge in [-0.3, -0.25) is 4.68 Å². The van der Waals surface area contributed by atoms with Crippen molar-refractivity contribution in [2.75, 3.05) is 6.54 Å². The average Bonchev–Trinajstić information content (AvgIpc) is 3.05. The molecule has 0 aromatic carbocycles. The van der Waals surface area contributed by atoms with Gasteiger partial charge in [0, 0.05) is 25.4 Å². The summed E-state index contributed by atoms with van der Waals surface area (Å²) in [6.45, 7) is 0.612. The van der Waals surface area contributed by atoms with Crippen molar-refractivity contribution in [1.29, 1.82) is 0 Å². The summed E-state index contributed by atoms with van der Waals surface area (Å²) >= 11 is 1.26. The number of aryl methyl sites for hydroxylation is 1. The predicted octanol–water partition coefficient (Wildman–Crippen LogP) is 0.0117. The molecule has 21 heavy (non-hydrogen) atoms. The Balaban J connectivity index is 1.67. The summed E-state index contributed by atoms with van der Waals surface area (Å²) < 4.78 is 1.55. The van der Waals surface area contributed by atoms with Crippen LogP contribution in [0, 0.1) is 0 Å². The smallest absolute Gasteiger partial charge is 0.355 e. The van der Waals surface area contributed by atoms with E-state index in [-0.39, 0.29) is 18.3 Å². The van der Waals surface area contributed by atoms with E-state index in [0.717, 1.165) is 0 Å². The van der Waals surface area contributed by atoms with E-state index < -0.39 is 5.97 Å². The molecule has 0 aliphatic rings. The Labute approximate surface area is 124 Å². The molecule has 112 valence electrons. The molecule has 2 aromatic heterocycles. The van der Waals surface area contributed by atoms with Gasteiger partial charge in [-0.1, -0.05) is 0 Å². The molecule has 0 spiro atoms. The van der Waals surface area contributed by atoms with E-state index in [1.165, 1.54) is 16.7 Å². The molecule has 2 heterocycles. The predicted molar refractivity (Wildman–Crippen MR) is 74.0 cm³/mol. The zero-order valence-corrected chi connectivity index (χ0v) is 12.1. The molecule has 0 radical (unpaired) electrons. The molecule has 0 unspecified atom stereocenters. The van der Waals surface area contributed by atoms with Gasteiger partial charge in [0.15, 0.2) is 11.5 Å². The molecule has 2 rings (SSSR count). The summed E-state index contributed by atoms with van der Waals surface area (Å²) in [4.78, 5) is 30.1. The van der Waals surface area contributed by atoms with Gasteiger partial charge in [-0.15, -0.1) is 11.3 Å². The lowest BCUT2D eigenvalue weighted by Gasteiger charge is -2.04. The lowest BCUT2D eigenvalue weighted by molar-refractivity contribution is 0.0691. The number of carbonyl (C=O) groups excluding carboxylic acids is 1. The molecule has 0 aliphatic carbocycles. The molecular weight excluding hydrogens is 296 g/mol. The molecule has 2 amide bonds. The molecule has 0 fully saturated rings. The minimum absolute atomic E-state index is 0.0284. The SMILES string of the molecule is Cn1cnc(CNC(=O)NCCc2nc(C(=O)O)cs2)n1. The standard InChI is InChI=1S/C11H14N6O3S/c1-17-6-14-8(16-17)4-13-11(20)12-3-2-9-15-7(5-21-9)10(18)19/h5-6H,2-4H2,1H3,(H,18,19)(H2,12,13,20). The number of urea groups is 1. The first kappa shape index (κ1) is 14.9. The van der Waals surface area contributed by atoms with Gasteiger partial charge in [0.1, 0.15) is 6.33 Å². The number of nitrogens with one attached hydrogen (secondary N) is 2. The van der Waals surface area contributed by atoms with Crippen LogP contribution >= 0.6 is 11.3 Å². The Morgan fingerprint density at radius 2 is 2.24 bits per heavy atom. The number of thiazole rings is 1. The number of carboxylic acids is 1. The fraction of sp³-hybridized carbons (Fsp3) is 0.364. The van der Waals surface area contributed by atoms with Crippen LogP contribution in [0.3, 0.4) is 0 Å². The second-order valence-corrected chi connectivity index (χ2v) is 5.07. The Bertz CT molecular complexity index is 637. The first-order valence-electron chi connectivity index (χ1n) is 6.08. The number of carbonyl (C=O) groups is 2. The van der Waals surface area contributed by atoms with Crippen LogP contribution in [-0.4, -0.2) is 43.4 Å². The lowest BCUT2D eigenvalue weighted by atomic mass is 10.4. The number of aromatic nitrogens is 4. The van der Waals surface area contributed by atoms with Gasteiger partial charge in [-0.25, -0.2) is 19.6 Å². The molecule has 10 heteroatoms. The van der Waals surface area contributed by atoms with Gasteiger partial charge in [0.25, 0.3) is 0 Å². The summed E-state index contributed by atoms with van der Waals surface area (Å²) in [6.07, 6.45) is 2.03. The van der Waals surface area contributed by atoms with E-state index in [4.69, 9.17) is 5.11 Å². The largest absolute Gasteiger partial charge is 0.476 e. The summed E-state index contributed by atoms with van der Waals surface area (Å²) in [6, 6.07) is -0.336. The first-order valence-corrected chi connectivity index (χ1v) is 6.96. The van der Waals surface area contributed by atoms with E-state index in [1.807, 2.05) is 0 Å². The van der Waals surface area contributed by atoms with Crippen LogP contribution in [0.15, 0.2) is 11.7 Å². The van der Waals surface area contributed by atoms with Crippen molar-refractivity contribution in [2.45, 2.75) is 13.0 Å². The second-order valence-electron chi connectivity index (χ2n) is 4.13. The van der Waals surface area contributed by atoms with Crippen LogP contribution in [0.2, 0.25) is 0 Å². The van der Waals surface area contributed by atoms with Gasteiger partial charge < -0.3 is 15.7 Å². The molecule has 0 saturated carbocycles. The Hall–Kier alpha value is -2.49. The van der Waals surface area contributed by atoms with Crippen molar-refractivity contribution in [3.05, 3.63) is 28.2 Å². The van der Waals surface area contributed by atoms with Crippen molar-refractivity contribution in [1.82, 2.24) is 30.4 Å². The number of amides is 2. The normalized spacial score (nSPS) is 10.3. The molecular formula is C11H14N6O3S. The maximum atomic E-state index is 11.5. The van der Waals surface area contributed by atoms with Gasteiger partial charge in [-0.2, -0.15) is 5.10 Å². The maximum Gasteiger partial charge on any atom is 0.355 e. The third-order valence-corrected chi connectivity index (χ3v) is 3.36. The van der Waals surface area contributed by atoms with Crippen LogP contribution in [0.4, 0.5) is 4.79 Å². The monoisotopic (exact) mass is 310 g/mol. The Morgan fingerprint density at radius 1 is 1.43 bits per heavy atom. The van der Waals surface area contributed by atoms with Gasteiger partial charge in [0.05, 0.1) is 11.6 Å². The fourth-order valence-corrected chi connectivity index (χ4v) is 2.27. The molecule has 3 N–H and O–H groups in total. The van der Waals surface area contributed by atoms with Crippen molar-refractivity contribution in [3.8, 4) is 0 Å². The fourth-order valence-electron chi connectivity index (χ4n) is 1.49. The minimum Gasteiger partial charge on any atom is -0.476 e. The average molecular weight is 310 g/mol. The number of aromatic carboxylic acids is 1. The van der Waals surface area contributed by atoms with E-state index in [0.29, 0.717) is 23.8 Å². The van der Waals surface area contributed by atoms with Crippen LogP contribution < -0.4 is 10.6 Å². The highest BCUT2D eigenvalue weighted by atomic mass is 32.1. The molecule has 0 bridgehead atoms. The highest BCUT2D eigenvalue weighted by Crippen LogP contribution is 2.09. The molecule has 0 atom stereocenters. The summed E-state index contributed by atoms with van der Waals surface area (Å²) in [5.41, 5.74) is 0.0284. The van der Waals surface area contributed by atoms with E-state index in [2.05, 4.69) is 25.7 Å². The van der Waals surface area contributed by atoms with Gasteiger partial charge >= 0.3 is 12.0 Å². The number of nitrogens with zero attached hydrogens (tertiary/aromatic N) is 4. The minimum atomic E-state index is -1.05. The van der Waals surface area contributed by atoms with E-state index in [1.54, 1.807) is 18.1 Å². The maximum absolute atomic E-state index is 11.5. The quantitative estimate of drug-likeness (QED) is 0.691. The van der Waals surface area contributed by atoms with Crippen molar-refractivity contribution in [2.24, 2.45) is 7.05 Å². The molecule has 0 saturated heterocycles. The van der Waals surface area contributed by atoms with Gasteiger partial charge in [0.2, 0.25) is 0 Å². The van der Waals surface area contributed by atoms with Crippen molar-refractivity contribution >= 4 is 23.3 Å². The summed E-state index contributed by atoms with van der Waals surface area (Å²) in [5, 5.41) is 20.2. The molecule has 0 aliphatic heterocycles.